The van der Waals surface area contributed by atoms with Crippen LogP contribution < -0.4 is 0 Å². The van der Waals surface area contributed by atoms with Crippen LogP contribution in [0.15, 0.2) is 11.6 Å². The van der Waals surface area contributed by atoms with Gasteiger partial charge in [-0.15, -0.1) is 0 Å². The predicted molar refractivity (Wildman–Crippen MR) is 54.6 cm³/mol. The van der Waals surface area contributed by atoms with E-state index in [1.165, 1.54) is 0 Å². The zero-order valence-corrected chi connectivity index (χ0v) is 9.16. The van der Waals surface area contributed by atoms with Gasteiger partial charge in [0.05, 0.1) is 0 Å². The van der Waals surface area contributed by atoms with Crippen LogP contribution in [-0.2, 0) is 4.79 Å². The quantitative estimate of drug-likeness (QED) is 0.682. The summed E-state index contributed by atoms with van der Waals surface area (Å²) in [7, 11) is 0. The Hall–Kier alpha value is -0.790. The van der Waals surface area contributed by atoms with Gasteiger partial charge in [0, 0.05) is 5.57 Å². The van der Waals surface area contributed by atoms with Gasteiger partial charge in [-0.25, -0.2) is 4.79 Å². The average Bonchev–Trinajstić information content (AvgIpc) is 1.97. The van der Waals surface area contributed by atoms with Gasteiger partial charge in [0.25, 0.3) is 0 Å². The zero-order valence-electron chi connectivity index (χ0n) is 9.16. The lowest BCUT2D eigenvalue weighted by Crippen LogP contribution is -2.14. The van der Waals surface area contributed by atoms with Crippen LogP contribution in [0.1, 0.15) is 34.6 Å². The number of rotatable bonds is 4. The highest BCUT2D eigenvalue weighted by Gasteiger charge is 2.16. The summed E-state index contributed by atoms with van der Waals surface area (Å²) < 4.78 is 0. The molecule has 76 valence electrons. The minimum atomic E-state index is -0.814. The van der Waals surface area contributed by atoms with E-state index < -0.39 is 5.97 Å². The molecule has 0 aromatic heterocycles. The first-order valence-corrected chi connectivity index (χ1v) is 4.78. The lowest BCUT2D eigenvalue weighted by Gasteiger charge is -2.21. The summed E-state index contributed by atoms with van der Waals surface area (Å²) >= 11 is 0. The average molecular weight is 184 g/mol. The standard InChI is InChI=1S/C11H20O2/c1-7(2)10(8(3)4)6-9(5)11(12)13/h6-8,10H,1-5H3,(H,12,13). The maximum Gasteiger partial charge on any atom is 0.330 e. The first-order chi connectivity index (χ1) is 5.86. The molecule has 0 aromatic rings. The first kappa shape index (κ1) is 12.2. The molecule has 0 unspecified atom stereocenters. The van der Waals surface area contributed by atoms with E-state index >= 15 is 0 Å². The second kappa shape index (κ2) is 5.05. The molecule has 0 atom stereocenters. The van der Waals surface area contributed by atoms with E-state index in [1.807, 2.05) is 6.08 Å². The Kier molecular flexibility index (Phi) is 4.74. The smallest absolute Gasteiger partial charge is 0.330 e. The molecule has 0 spiro atoms. The lowest BCUT2D eigenvalue weighted by molar-refractivity contribution is -0.132. The third-order valence-electron chi connectivity index (χ3n) is 2.32. The van der Waals surface area contributed by atoms with Crippen LogP contribution in [0, 0.1) is 17.8 Å². The van der Waals surface area contributed by atoms with Crippen molar-refractivity contribution in [1.82, 2.24) is 0 Å². The summed E-state index contributed by atoms with van der Waals surface area (Å²) in [6.07, 6.45) is 1.87. The van der Waals surface area contributed by atoms with E-state index in [1.54, 1.807) is 6.92 Å². The first-order valence-electron chi connectivity index (χ1n) is 4.78. The maximum atomic E-state index is 10.6. The number of hydrogen-bond donors (Lipinski definition) is 1. The van der Waals surface area contributed by atoms with Gasteiger partial charge in [0.2, 0.25) is 0 Å². The van der Waals surface area contributed by atoms with Crippen LogP contribution in [-0.4, -0.2) is 11.1 Å². The van der Waals surface area contributed by atoms with Crippen molar-refractivity contribution in [1.29, 1.82) is 0 Å². The van der Waals surface area contributed by atoms with Crippen molar-refractivity contribution in [3.05, 3.63) is 11.6 Å². The molecule has 0 heterocycles. The second-order valence-corrected chi connectivity index (χ2v) is 4.22. The van der Waals surface area contributed by atoms with Gasteiger partial charge < -0.3 is 5.11 Å². The predicted octanol–water partition coefficient (Wildman–Crippen LogP) is 2.95. The van der Waals surface area contributed by atoms with E-state index in [4.69, 9.17) is 5.11 Å². The number of aliphatic carboxylic acids is 1. The molecule has 0 saturated carbocycles. The number of hydrogen-bond acceptors (Lipinski definition) is 1. The third kappa shape index (κ3) is 4.11. The summed E-state index contributed by atoms with van der Waals surface area (Å²) in [4.78, 5) is 10.6. The molecule has 13 heavy (non-hydrogen) atoms. The maximum absolute atomic E-state index is 10.6. The van der Waals surface area contributed by atoms with Gasteiger partial charge >= 0.3 is 5.97 Å². The molecular weight excluding hydrogens is 164 g/mol. The van der Waals surface area contributed by atoms with Crippen LogP contribution in [0.25, 0.3) is 0 Å². The van der Waals surface area contributed by atoms with E-state index in [9.17, 15) is 4.79 Å². The molecule has 0 saturated heterocycles. The third-order valence-corrected chi connectivity index (χ3v) is 2.32. The fourth-order valence-corrected chi connectivity index (χ4v) is 1.51. The monoisotopic (exact) mass is 184 g/mol. The van der Waals surface area contributed by atoms with Gasteiger partial charge in [-0.2, -0.15) is 0 Å². The Morgan fingerprint density at radius 2 is 1.54 bits per heavy atom. The molecule has 1 N–H and O–H groups in total. The van der Waals surface area contributed by atoms with Gasteiger partial charge in [-0.05, 0) is 24.7 Å². The molecule has 0 fully saturated rings. The highest BCUT2D eigenvalue weighted by molar-refractivity contribution is 5.85. The lowest BCUT2D eigenvalue weighted by atomic mass is 9.84. The summed E-state index contributed by atoms with van der Waals surface area (Å²) in [6.45, 7) is 10.1. The number of allylic oxidation sites excluding steroid dienone is 1. The van der Waals surface area contributed by atoms with Crippen LogP contribution in [0.3, 0.4) is 0 Å². The molecule has 0 aliphatic heterocycles. The molecule has 2 nitrogen and oxygen atoms in total. The Morgan fingerprint density at radius 3 is 1.77 bits per heavy atom. The van der Waals surface area contributed by atoms with E-state index in [2.05, 4.69) is 27.7 Å². The topological polar surface area (TPSA) is 37.3 Å². The van der Waals surface area contributed by atoms with Gasteiger partial charge in [0.1, 0.15) is 0 Å². The van der Waals surface area contributed by atoms with E-state index in [-0.39, 0.29) is 0 Å². The van der Waals surface area contributed by atoms with E-state index in [0.717, 1.165) is 0 Å². The molecule has 0 bridgehead atoms. The molecule has 2 heteroatoms. The second-order valence-electron chi connectivity index (χ2n) is 4.22. The highest BCUT2D eigenvalue weighted by atomic mass is 16.4. The van der Waals surface area contributed by atoms with Crippen molar-refractivity contribution in [2.45, 2.75) is 34.6 Å². The Bertz CT molecular complexity index is 194. The summed E-state index contributed by atoms with van der Waals surface area (Å²) in [5.41, 5.74) is 0.451. The largest absolute Gasteiger partial charge is 0.478 e. The molecule has 0 aliphatic rings. The van der Waals surface area contributed by atoms with E-state index in [0.29, 0.717) is 23.3 Å². The van der Waals surface area contributed by atoms with Crippen molar-refractivity contribution in [3.8, 4) is 0 Å². The van der Waals surface area contributed by atoms with Crippen molar-refractivity contribution < 1.29 is 9.90 Å². The number of carbonyl (C=O) groups is 1. The van der Waals surface area contributed by atoms with Crippen molar-refractivity contribution in [3.63, 3.8) is 0 Å². The molecule has 0 aliphatic carbocycles. The van der Waals surface area contributed by atoms with Crippen LogP contribution in [0.5, 0.6) is 0 Å². The molecule has 0 amide bonds. The van der Waals surface area contributed by atoms with Gasteiger partial charge in [0.15, 0.2) is 0 Å². The van der Waals surface area contributed by atoms with Crippen molar-refractivity contribution in [2.24, 2.45) is 17.8 Å². The van der Waals surface area contributed by atoms with Crippen LogP contribution >= 0.6 is 0 Å². The number of carboxylic acids is 1. The van der Waals surface area contributed by atoms with Crippen LogP contribution in [0.4, 0.5) is 0 Å². The summed E-state index contributed by atoms with van der Waals surface area (Å²) in [6, 6.07) is 0. The minimum absolute atomic E-state index is 0.357. The normalized spacial score (nSPS) is 13.1. The summed E-state index contributed by atoms with van der Waals surface area (Å²) in [5.74, 6) is 0.533. The van der Waals surface area contributed by atoms with Crippen molar-refractivity contribution in [2.75, 3.05) is 0 Å². The SMILES string of the molecule is CC(=CC(C(C)C)C(C)C)C(=O)O. The summed E-state index contributed by atoms with van der Waals surface area (Å²) in [5, 5.41) is 8.73. The fraction of sp³-hybridized carbons (Fsp3) is 0.727. The number of carboxylic acid groups (broad SMARTS) is 1. The molecule has 0 aromatic carbocycles. The zero-order chi connectivity index (χ0) is 10.6. The molecular formula is C11H20O2. The highest BCUT2D eigenvalue weighted by Crippen LogP contribution is 2.23. The Morgan fingerprint density at radius 1 is 1.15 bits per heavy atom. The Balaban J connectivity index is 4.59. The molecule has 0 rings (SSSR count). The van der Waals surface area contributed by atoms with Crippen molar-refractivity contribution >= 4 is 5.97 Å². The van der Waals surface area contributed by atoms with Crippen LogP contribution in [0.2, 0.25) is 0 Å². The van der Waals surface area contributed by atoms with Gasteiger partial charge in [-0.3, -0.25) is 0 Å². The minimum Gasteiger partial charge on any atom is -0.478 e. The van der Waals surface area contributed by atoms with Gasteiger partial charge in [-0.1, -0.05) is 33.8 Å². The molecule has 0 radical (unpaired) electrons. The Labute approximate surface area is 80.7 Å². The fourth-order valence-electron chi connectivity index (χ4n) is 1.51.